The normalized spacial score (nSPS) is 10.8. The molecule has 2 N–H and O–H groups in total. The van der Waals surface area contributed by atoms with Crippen molar-refractivity contribution in [2.24, 2.45) is 0 Å². The fourth-order valence-electron chi connectivity index (χ4n) is 2.27. The van der Waals surface area contributed by atoms with Crippen molar-refractivity contribution in [3.05, 3.63) is 46.7 Å². The molecule has 6 nitrogen and oxygen atoms in total. The van der Waals surface area contributed by atoms with Crippen molar-refractivity contribution in [2.45, 2.75) is 18.0 Å². The molecule has 2 aromatic heterocycles. The van der Waals surface area contributed by atoms with Gasteiger partial charge in [0.1, 0.15) is 5.75 Å². The number of hydrogen-bond donors (Lipinski definition) is 1. The Morgan fingerprint density at radius 2 is 2.08 bits per heavy atom. The van der Waals surface area contributed by atoms with E-state index in [1.165, 1.54) is 27.8 Å². The number of thiophene rings is 1. The van der Waals surface area contributed by atoms with Gasteiger partial charge in [-0.15, -0.1) is 21.5 Å². The Labute approximate surface area is 154 Å². The Bertz CT molecular complexity index is 829. The number of ether oxygens (including phenoxy) is 1. The maximum Gasteiger partial charge on any atom is 0.210 e. The molecule has 3 rings (SSSR count). The highest BCUT2D eigenvalue weighted by Gasteiger charge is 2.13. The zero-order valence-electron chi connectivity index (χ0n) is 13.7. The number of aromatic nitrogens is 3. The number of nitrogens with zero attached hydrogens (tertiary/aromatic N) is 3. The Hall–Kier alpha value is -2.32. The third-order valence-corrected chi connectivity index (χ3v) is 5.53. The van der Waals surface area contributed by atoms with E-state index in [2.05, 4.69) is 10.2 Å². The van der Waals surface area contributed by atoms with Gasteiger partial charge in [0.25, 0.3) is 0 Å². The molecule has 8 heteroatoms. The molecule has 25 heavy (non-hydrogen) atoms. The minimum Gasteiger partial charge on any atom is -0.497 e. The van der Waals surface area contributed by atoms with E-state index in [1.807, 2.05) is 41.8 Å². The summed E-state index contributed by atoms with van der Waals surface area (Å²) in [6.45, 7) is 0. The third-order valence-electron chi connectivity index (χ3n) is 3.59. The molecule has 1 aromatic carbocycles. The van der Waals surface area contributed by atoms with E-state index in [1.54, 1.807) is 7.11 Å². The molecule has 0 spiro atoms. The maximum atomic E-state index is 12.0. The van der Waals surface area contributed by atoms with Gasteiger partial charge in [0.15, 0.2) is 11.6 Å². The van der Waals surface area contributed by atoms with Crippen molar-refractivity contribution in [1.82, 2.24) is 14.9 Å². The lowest BCUT2D eigenvalue weighted by molar-refractivity contribution is 0.0986. The lowest BCUT2D eigenvalue weighted by atomic mass is 10.2. The van der Waals surface area contributed by atoms with Crippen molar-refractivity contribution < 1.29 is 9.53 Å². The van der Waals surface area contributed by atoms with Crippen LogP contribution in [0.15, 0.2) is 46.9 Å². The van der Waals surface area contributed by atoms with Gasteiger partial charge in [-0.3, -0.25) is 4.79 Å². The molecule has 2 heterocycles. The van der Waals surface area contributed by atoms with E-state index in [4.69, 9.17) is 10.6 Å². The van der Waals surface area contributed by atoms with Crippen molar-refractivity contribution in [3.63, 3.8) is 0 Å². The van der Waals surface area contributed by atoms with Crippen LogP contribution in [0.4, 0.5) is 0 Å². The van der Waals surface area contributed by atoms with E-state index in [0.717, 1.165) is 28.4 Å². The van der Waals surface area contributed by atoms with E-state index in [9.17, 15) is 4.79 Å². The molecule has 3 aromatic rings. The fraction of sp³-hybridized carbons (Fsp3) is 0.235. The third kappa shape index (κ3) is 4.21. The lowest BCUT2D eigenvalue weighted by Crippen LogP contribution is -2.11. The average Bonchev–Trinajstić information content (AvgIpc) is 3.29. The van der Waals surface area contributed by atoms with E-state index in [0.29, 0.717) is 17.4 Å². The molecule has 0 aliphatic rings. The van der Waals surface area contributed by atoms with Crippen LogP contribution in [0.25, 0.3) is 11.4 Å². The van der Waals surface area contributed by atoms with Gasteiger partial charge in [-0.2, -0.15) is 0 Å². The topological polar surface area (TPSA) is 83.0 Å². The quantitative estimate of drug-likeness (QED) is 0.281. The van der Waals surface area contributed by atoms with Gasteiger partial charge in [0, 0.05) is 17.7 Å². The average molecular weight is 374 g/mol. The molecule has 0 unspecified atom stereocenters. The highest BCUT2D eigenvalue weighted by molar-refractivity contribution is 7.99. The summed E-state index contributed by atoms with van der Waals surface area (Å²) in [7, 11) is 1.62. The number of nitrogens with two attached hydrogens (primary N) is 1. The molecule has 0 fully saturated rings. The first-order valence-electron chi connectivity index (χ1n) is 7.73. The van der Waals surface area contributed by atoms with Gasteiger partial charge in [0.05, 0.1) is 12.0 Å². The first-order valence-corrected chi connectivity index (χ1v) is 9.60. The van der Waals surface area contributed by atoms with Crippen molar-refractivity contribution in [2.75, 3.05) is 18.7 Å². The number of carbonyl (C=O) groups is 1. The summed E-state index contributed by atoms with van der Waals surface area (Å²) >= 11 is 2.98. The second-order valence-electron chi connectivity index (χ2n) is 5.26. The SMILES string of the molecule is COc1ccc(-c2nnc(SCCCC(=O)c3cccs3)n2N)cc1. The molecule has 0 saturated carbocycles. The summed E-state index contributed by atoms with van der Waals surface area (Å²) in [4.78, 5) is 12.8. The first kappa shape index (κ1) is 17.5. The molecule has 0 aliphatic heterocycles. The van der Waals surface area contributed by atoms with Crippen LogP contribution >= 0.6 is 23.1 Å². The predicted octanol–water partition coefficient (Wildman–Crippen LogP) is 3.48. The number of thioether (sulfide) groups is 1. The van der Waals surface area contributed by atoms with Crippen LogP contribution in [0, 0.1) is 0 Å². The van der Waals surface area contributed by atoms with Crippen LogP contribution in [0.5, 0.6) is 5.75 Å². The molecule has 0 radical (unpaired) electrons. The molecule has 0 atom stereocenters. The minimum atomic E-state index is 0.184. The van der Waals surface area contributed by atoms with Gasteiger partial charge < -0.3 is 10.6 Å². The number of methoxy groups -OCH3 is 1. The molecule has 130 valence electrons. The van der Waals surface area contributed by atoms with Crippen LogP contribution in [0.3, 0.4) is 0 Å². The van der Waals surface area contributed by atoms with Gasteiger partial charge in [-0.1, -0.05) is 17.8 Å². The van der Waals surface area contributed by atoms with Crippen molar-refractivity contribution in [3.8, 4) is 17.1 Å². The van der Waals surface area contributed by atoms with Gasteiger partial charge >= 0.3 is 0 Å². The van der Waals surface area contributed by atoms with Crippen molar-refractivity contribution in [1.29, 1.82) is 0 Å². The van der Waals surface area contributed by atoms with Crippen LogP contribution in [0.2, 0.25) is 0 Å². The van der Waals surface area contributed by atoms with Crippen LogP contribution in [0.1, 0.15) is 22.5 Å². The Kier molecular flexibility index (Phi) is 5.72. The summed E-state index contributed by atoms with van der Waals surface area (Å²) in [5.41, 5.74) is 0.871. The van der Waals surface area contributed by atoms with Gasteiger partial charge in [-0.25, -0.2) is 4.68 Å². The van der Waals surface area contributed by atoms with Crippen LogP contribution in [-0.2, 0) is 0 Å². The number of benzene rings is 1. The molecule has 0 bridgehead atoms. The second-order valence-corrected chi connectivity index (χ2v) is 7.27. The first-order chi connectivity index (χ1) is 12.2. The van der Waals surface area contributed by atoms with E-state index < -0.39 is 0 Å². The molecular weight excluding hydrogens is 356 g/mol. The summed E-state index contributed by atoms with van der Waals surface area (Å²) in [6.07, 6.45) is 1.30. The van der Waals surface area contributed by atoms with Gasteiger partial charge in [-0.05, 0) is 42.1 Å². The molecule has 0 amide bonds. The Morgan fingerprint density at radius 1 is 1.28 bits per heavy atom. The minimum absolute atomic E-state index is 0.184. The number of hydrogen-bond acceptors (Lipinski definition) is 7. The number of carbonyl (C=O) groups excluding carboxylic acids is 1. The standard InChI is InChI=1S/C17H18N4O2S2/c1-23-13-8-6-12(7-9-13)16-19-20-17(21(16)18)25-11-2-4-14(22)15-5-3-10-24-15/h3,5-10H,2,4,11,18H2,1H3. The summed E-state index contributed by atoms with van der Waals surface area (Å²) in [6, 6.07) is 11.2. The summed E-state index contributed by atoms with van der Waals surface area (Å²) in [5, 5.41) is 10.8. The number of Topliss-reactive ketones (excluding diaryl/α,β-unsaturated/α-hetero) is 1. The predicted molar refractivity (Wildman–Crippen MR) is 101 cm³/mol. The highest BCUT2D eigenvalue weighted by atomic mass is 32.2. The monoisotopic (exact) mass is 374 g/mol. The zero-order valence-corrected chi connectivity index (χ0v) is 15.3. The van der Waals surface area contributed by atoms with Crippen LogP contribution < -0.4 is 10.6 Å². The number of nitrogen functional groups attached to an aromatic ring is 1. The fourth-order valence-corrected chi connectivity index (χ4v) is 3.76. The Balaban J connectivity index is 1.55. The highest BCUT2D eigenvalue weighted by Crippen LogP contribution is 2.24. The smallest absolute Gasteiger partial charge is 0.210 e. The number of rotatable bonds is 8. The summed E-state index contributed by atoms with van der Waals surface area (Å²) in [5.74, 6) is 8.41. The maximum absolute atomic E-state index is 12.0. The Morgan fingerprint density at radius 3 is 2.76 bits per heavy atom. The van der Waals surface area contributed by atoms with Crippen LogP contribution in [-0.4, -0.2) is 33.5 Å². The molecule has 0 aliphatic carbocycles. The zero-order chi connectivity index (χ0) is 17.6. The molecular formula is C17H18N4O2S2. The summed E-state index contributed by atoms with van der Waals surface area (Å²) < 4.78 is 6.63. The number of ketones is 1. The van der Waals surface area contributed by atoms with E-state index >= 15 is 0 Å². The van der Waals surface area contributed by atoms with Crippen molar-refractivity contribution >= 4 is 28.9 Å². The lowest BCUT2D eigenvalue weighted by Gasteiger charge is -2.04. The second kappa shape index (κ2) is 8.17. The van der Waals surface area contributed by atoms with Gasteiger partial charge in [0.2, 0.25) is 5.16 Å². The molecule has 0 saturated heterocycles. The largest absolute Gasteiger partial charge is 0.497 e. The van der Waals surface area contributed by atoms with E-state index in [-0.39, 0.29) is 5.78 Å².